The van der Waals surface area contributed by atoms with Crippen LogP contribution in [0.25, 0.3) is 0 Å². The van der Waals surface area contributed by atoms with Gasteiger partial charge in [-0.1, -0.05) is 0 Å². The first-order chi connectivity index (χ1) is 16.7. The van der Waals surface area contributed by atoms with Crippen molar-refractivity contribution in [1.82, 2.24) is 29.7 Å². The molecule has 2 fully saturated rings. The summed E-state index contributed by atoms with van der Waals surface area (Å²) < 4.78 is 35.0. The molecule has 12 nitrogen and oxygen atoms in total. The second-order valence-electron chi connectivity index (χ2n) is 8.73. The van der Waals surface area contributed by atoms with Gasteiger partial charge >= 0.3 is 12.1 Å². The summed E-state index contributed by atoms with van der Waals surface area (Å²) in [4.78, 5) is 44.5. The van der Waals surface area contributed by atoms with Crippen molar-refractivity contribution >= 4 is 29.8 Å². The van der Waals surface area contributed by atoms with Crippen molar-refractivity contribution in [3.63, 3.8) is 0 Å². The van der Waals surface area contributed by atoms with Gasteiger partial charge in [0.1, 0.15) is 18.0 Å². The van der Waals surface area contributed by atoms with Crippen LogP contribution in [0.5, 0.6) is 0 Å². The molecule has 0 aromatic carbocycles. The summed E-state index contributed by atoms with van der Waals surface area (Å²) in [5.41, 5.74) is 0. The Hall–Kier alpha value is -3.55. The summed E-state index contributed by atoms with van der Waals surface area (Å²) >= 11 is 0. The number of likely N-dealkylation sites (N-methyl/N-ethyl adjacent to an activating group) is 1. The molecule has 2 aliphatic heterocycles. The maximum absolute atomic E-state index is 14.8. The van der Waals surface area contributed by atoms with Gasteiger partial charge in [0, 0.05) is 58.2 Å². The SMILES string of the molecule is CN1CCC(OC(=O)Nc2ccnc(N3CCC(F)(F)[C@@H](N(C)C(=O)Nc4ncc[nH]4)C3)n2)CC1. The van der Waals surface area contributed by atoms with Crippen molar-refractivity contribution in [3.05, 3.63) is 24.7 Å². The molecule has 0 unspecified atom stereocenters. The predicted molar refractivity (Wildman–Crippen MR) is 124 cm³/mol. The van der Waals surface area contributed by atoms with E-state index in [2.05, 4.69) is 35.5 Å². The van der Waals surface area contributed by atoms with E-state index in [4.69, 9.17) is 4.74 Å². The number of hydrogen-bond acceptors (Lipinski definition) is 8. The number of anilines is 3. The number of aromatic amines is 1. The first-order valence-corrected chi connectivity index (χ1v) is 11.4. The molecule has 0 saturated carbocycles. The molecule has 190 valence electrons. The monoisotopic (exact) mass is 493 g/mol. The lowest BCUT2D eigenvalue weighted by atomic mass is 10.00. The van der Waals surface area contributed by atoms with Crippen LogP contribution in [0.3, 0.4) is 0 Å². The molecule has 4 rings (SSSR count). The van der Waals surface area contributed by atoms with Gasteiger partial charge in [0.2, 0.25) is 11.9 Å². The fourth-order valence-electron chi connectivity index (χ4n) is 4.09. The highest BCUT2D eigenvalue weighted by atomic mass is 19.3. The summed E-state index contributed by atoms with van der Waals surface area (Å²) in [5, 5.41) is 5.04. The Morgan fingerprint density at radius 1 is 1.20 bits per heavy atom. The van der Waals surface area contributed by atoms with Crippen molar-refractivity contribution in [1.29, 1.82) is 0 Å². The molecular weight excluding hydrogens is 464 g/mol. The number of nitrogens with one attached hydrogen (secondary N) is 3. The maximum Gasteiger partial charge on any atom is 0.413 e. The minimum Gasteiger partial charge on any atom is -0.446 e. The van der Waals surface area contributed by atoms with Crippen molar-refractivity contribution in [2.75, 3.05) is 55.8 Å². The number of H-pyrrole nitrogens is 1. The Morgan fingerprint density at radius 3 is 2.69 bits per heavy atom. The van der Waals surface area contributed by atoms with E-state index in [1.807, 2.05) is 7.05 Å². The Labute approximate surface area is 201 Å². The Kier molecular flexibility index (Phi) is 7.28. The van der Waals surface area contributed by atoms with E-state index in [1.165, 1.54) is 31.7 Å². The normalized spacial score (nSPS) is 20.8. The van der Waals surface area contributed by atoms with E-state index >= 15 is 0 Å². The minimum atomic E-state index is -3.11. The zero-order valence-electron chi connectivity index (χ0n) is 19.6. The molecular formula is C21H29F2N9O3. The molecule has 2 aromatic heterocycles. The molecule has 3 N–H and O–H groups in total. The van der Waals surface area contributed by atoms with Gasteiger partial charge in [-0.2, -0.15) is 4.98 Å². The van der Waals surface area contributed by atoms with Gasteiger partial charge in [-0.25, -0.2) is 28.3 Å². The van der Waals surface area contributed by atoms with E-state index in [1.54, 1.807) is 4.90 Å². The minimum absolute atomic E-state index is 0.0133. The summed E-state index contributed by atoms with van der Waals surface area (Å²) in [6, 6.07) is -0.654. The molecule has 2 aromatic rings. The lowest BCUT2D eigenvalue weighted by Crippen LogP contribution is -2.60. The predicted octanol–water partition coefficient (Wildman–Crippen LogP) is 2.22. The third kappa shape index (κ3) is 6.12. The summed E-state index contributed by atoms with van der Waals surface area (Å²) in [7, 11) is 3.32. The number of urea groups is 1. The molecule has 0 radical (unpaired) electrons. The average Bonchev–Trinajstić information content (AvgIpc) is 3.33. The van der Waals surface area contributed by atoms with Crippen LogP contribution in [0, 0.1) is 0 Å². The van der Waals surface area contributed by atoms with Gasteiger partial charge < -0.3 is 24.4 Å². The van der Waals surface area contributed by atoms with Gasteiger partial charge in [-0.05, 0) is 26.0 Å². The first-order valence-electron chi connectivity index (χ1n) is 11.4. The summed E-state index contributed by atoms with van der Waals surface area (Å²) in [5.74, 6) is -2.58. The quantitative estimate of drug-likeness (QED) is 0.578. The third-order valence-corrected chi connectivity index (χ3v) is 6.20. The molecule has 0 spiro atoms. The van der Waals surface area contributed by atoms with Crippen LogP contribution < -0.4 is 15.5 Å². The van der Waals surface area contributed by atoms with Gasteiger partial charge in [0.25, 0.3) is 5.92 Å². The molecule has 0 bridgehead atoms. The number of ether oxygens (including phenoxy) is 1. The number of carbonyl (C=O) groups excluding carboxylic acids is 2. The van der Waals surface area contributed by atoms with Gasteiger partial charge in [0.05, 0.1) is 0 Å². The van der Waals surface area contributed by atoms with E-state index in [-0.39, 0.29) is 36.9 Å². The van der Waals surface area contributed by atoms with Crippen LogP contribution in [0.15, 0.2) is 24.7 Å². The second kappa shape index (κ2) is 10.4. The van der Waals surface area contributed by atoms with Crippen LogP contribution in [0.4, 0.5) is 36.1 Å². The summed E-state index contributed by atoms with van der Waals surface area (Å²) in [6.07, 6.45) is 4.61. The second-order valence-corrected chi connectivity index (χ2v) is 8.73. The molecule has 2 aliphatic rings. The van der Waals surface area contributed by atoms with Crippen molar-refractivity contribution in [2.45, 2.75) is 37.3 Å². The number of piperidine rings is 2. The topological polar surface area (TPSA) is 132 Å². The van der Waals surface area contributed by atoms with E-state index < -0.39 is 30.5 Å². The zero-order chi connectivity index (χ0) is 25.0. The zero-order valence-corrected chi connectivity index (χ0v) is 19.6. The molecule has 4 heterocycles. The lowest BCUT2D eigenvalue weighted by Gasteiger charge is -2.42. The van der Waals surface area contributed by atoms with E-state index in [9.17, 15) is 18.4 Å². The largest absolute Gasteiger partial charge is 0.446 e. The Morgan fingerprint density at radius 2 is 1.97 bits per heavy atom. The highest BCUT2D eigenvalue weighted by Crippen LogP contribution is 2.33. The molecule has 0 aliphatic carbocycles. The van der Waals surface area contributed by atoms with Crippen molar-refractivity contribution in [3.8, 4) is 0 Å². The van der Waals surface area contributed by atoms with Crippen LogP contribution in [0.1, 0.15) is 19.3 Å². The van der Waals surface area contributed by atoms with E-state index in [0.717, 1.165) is 30.8 Å². The smallest absolute Gasteiger partial charge is 0.413 e. The Balaban J connectivity index is 1.39. The van der Waals surface area contributed by atoms with Crippen molar-refractivity contribution in [2.24, 2.45) is 0 Å². The molecule has 14 heteroatoms. The molecule has 2 saturated heterocycles. The molecule has 3 amide bonds. The molecule has 35 heavy (non-hydrogen) atoms. The third-order valence-electron chi connectivity index (χ3n) is 6.20. The number of carbonyl (C=O) groups is 2. The first kappa shape index (κ1) is 24.6. The van der Waals surface area contributed by atoms with Crippen molar-refractivity contribution < 1.29 is 23.1 Å². The Bertz CT molecular complexity index is 1020. The van der Waals surface area contributed by atoms with Crippen LogP contribution in [0.2, 0.25) is 0 Å². The van der Waals surface area contributed by atoms with Gasteiger partial charge in [-0.15, -0.1) is 0 Å². The van der Waals surface area contributed by atoms with Gasteiger partial charge in [-0.3, -0.25) is 10.6 Å². The number of rotatable bonds is 5. The van der Waals surface area contributed by atoms with Crippen LogP contribution >= 0.6 is 0 Å². The number of amides is 3. The standard InChI is InChI=1S/C21H29F2N9O3/c1-30-10-4-14(5-11-30)35-20(34)28-16-3-7-26-18(27-16)32-12-6-21(22,23)15(13-32)31(2)19(33)29-17-24-8-9-25-17/h3,7-9,14-15H,4-6,10-13H2,1-2H3,(H2,24,25,29,33)(H,26,27,28,34)/t15-/m0/s1. The fourth-order valence-corrected chi connectivity index (χ4v) is 4.09. The number of hydrogen-bond donors (Lipinski definition) is 3. The van der Waals surface area contributed by atoms with E-state index in [0.29, 0.717) is 0 Å². The van der Waals surface area contributed by atoms with Crippen LogP contribution in [-0.4, -0.2) is 100 Å². The average molecular weight is 494 g/mol. The number of alkyl halides is 2. The fraction of sp³-hybridized carbons (Fsp3) is 0.571. The molecule has 1 atom stereocenters. The highest BCUT2D eigenvalue weighted by molar-refractivity contribution is 5.87. The number of halogens is 2. The number of likely N-dealkylation sites (tertiary alicyclic amines) is 1. The number of imidazole rings is 1. The number of aromatic nitrogens is 4. The maximum atomic E-state index is 14.8. The number of nitrogens with zero attached hydrogens (tertiary/aromatic N) is 6. The lowest BCUT2D eigenvalue weighted by molar-refractivity contribution is -0.0760. The van der Waals surface area contributed by atoms with Gasteiger partial charge in [0.15, 0.2) is 0 Å². The summed E-state index contributed by atoms with van der Waals surface area (Å²) in [6.45, 7) is 1.49. The van der Waals surface area contributed by atoms with Crippen LogP contribution in [-0.2, 0) is 4.74 Å². The highest BCUT2D eigenvalue weighted by Gasteiger charge is 2.48.